The maximum Gasteiger partial charge on any atom is 0.408 e. The lowest BCUT2D eigenvalue weighted by molar-refractivity contribution is -0.143. The molecule has 0 bridgehead atoms. The quantitative estimate of drug-likeness (QED) is 0.399. The van der Waals surface area contributed by atoms with Gasteiger partial charge in [0, 0.05) is 23.7 Å². The van der Waals surface area contributed by atoms with Crippen LogP contribution in [0.15, 0.2) is 48.7 Å². The Hall–Kier alpha value is -4.02. The molecule has 2 aliphatic heterocycles. The number of anilines is 1. The van der Waals surface area contributed by atoms with Gasteiger partial charge in [0.2, 0.25) is 6.10 Å². The van der Waals surface area contributed by atoms with Crippen molar-refractivity contribution in [2.75, 3.05) is 5.32 Å². The zero-order valence-corrected chi connectivity index (χ0v) is 20.5. The number of hydrogen-bond donors (Lipinski definition) is 3. The lowest BCUT2D eigenvalue weighted by Gasteiger charge is -2.34. The first-order valence-electron chi connectivity index (χ1n) is 11.1. The number of carboxylic acid groups (broad SMARTS) is 2. The van der Waals surface area contributed by atoms with Gasteiger partial charge in [-0.15, -0.1) is 0 Å². The Kier molecular flexibility index (Phi) is 6.53. The van der Waals surface area contributed by atoms with Crippen LogP contribution in [-0.2, 0) is 29.2 Å². The number of carbonyl (C=O) groups excluding carboxylic acids is 1. The zero-order valence-electron chi connectivity index (χ0n) is 19.0. The van der Waals surface area contributed by atoms with E-state index in [9.17, 15) is 24.6 Å². The van der Waals surface area contributed by atoms with Gasteiger partial charge in [-0.1, -0.05) is 35.3 Å². The molecule has 0 aliphatic carbocycles. The van der Waals surface area contributed by atoms with E-state index in [0.29, 0.717) is 38.9 Å². The van der Waals surface area contributed by atoms with Crippen LogP contribution in [0.4, 0.5) is 10.5 Å². The van der Waals surface area contributed by atoms with Crippen molar-refractivity contribution in [1.82, 2.24) is 9.88 Å². The Morgan fingerprint density at radius 3 is 2.57 bits per heavy atom. The number of fused-ring (bicyclic) bond motifs is 2. The lowest BCUT2D eigenvalue weighted by Crippen LogP contribution is -2.48. The van der Waals surface area contributed by atoms with E-state index >= 15 is 0 Å². The van der Waals surface area contributed by atoms with Crippen molar-refractivity contribution >= 4 is 46.9 Å². The third kappa shape index (κ3) is 4.98. The standard InChI is InChI=1S/C25H19Cl2N3O7/c26-17-5-12(9-28-22(17)27)11-36-16-3-1-13(2-4-16)21-23(31)29-18-6-14-7-19(24(32)33)30(25(34)35)10-15(14)8-20(18)37-21/h1-6,8-9,19,21H,7,10-11H2,(H,29,31)(H,32,33)(H,34,35)/t19-,21?/m0/s1. The Balaban J connectivity index is 1.31. The molecule has 190 valence electrons. The molecule has 5 rings (SSSR count). The molecule has 0 fully saturated rings. The van der Waals surface area contributed by atoms with E-state index in [-0.39, 0.29) is 30.6 Å². The van der Waals surface area contributed by atoms with Crippen LogP contribution in [0.5, 0.6) is 11.5 Å². The lowest BCUT2D eigenvalue weighted by atomic mass is 9.92. The minimum Gasteiger partial charge on any atom is -0.489 e. The molecule has 10 nitrogen and oxygen atoms in total. The summed E-state index contributed by atoms with van der Waals surface area (Å²) in [5, 5.41) is 22.2. The molecular weight excluding hydrogens is 525 g/mol. The van der Waals surface area contributed by atoms with E-state index in [4.69, 9.17) is 32.7 Å². The molecule has 2 aromatic carbocycles. The molecule has 2 amide bonds. The van der Waals surface area contributed by atoms with Crippen LogP contribution in [0, 0.1) is 0 Å². The van der Waals surface area contributed by atoms with Gasteiger partial charge in [-0.2, -0.15) is 0 Å². The number of halogens is 2. The smallest absolute Gasteiger partial charge is 0.408 e. The molecule has 2 atom stereocenters. The third-order valence-corrected chi connectivity index (χ3v) is 6.83. The van der Waals surface area contributed by atoms with Crippen molar-refractivity contribution < 1.29 is 34.1 Å². The molecule has 3 aromatic rings. The summed E-state index contributed by atoms with van der Waals surface area (Å²) in [7, 11) is 0. The first-order chi connectivity index (χ1) is 17.7. The highest BCUT2D eigenvalue weighted by atomic mass is 35.5. The van der Waals surface area contributed by atoms with Gasteiger partial charge in [-0.05, 0) is 41.5 Å². The summed E-state index contributed by atoms with van der Waals surface area (Å²) in [5.74, 6) is -0.690. The second-order valence-corrected chi connectivity index (χ2v) is 9.31. The largest absolute Gasteiger partial charge is 0.489 e. The fourth-order valence-electron chi connectivity index (χ4n) is 4.28. The molecular formula is C25H19Cl2N3O7. The number of carbonyl (C=O) groups is 3. The van der Waals surface area contributed by atoms with Gasteiger partial charge in [-0.25, -0.2) is 14.6 Å². The Morgan fingerprint density at radius 1 is 1.14 bits per heavy atom. The number of hydrogen-bond acceptors (Lipinski definition) is 6. The second kappa shape index (κ2) is 9.79. The summed E-state index contributed by atoms with van der Waals surface area (Å²) in [6, 6.07) is 10.6. The van der Waals surface area contributed by atoms with Crippen molar-refractivity contribution in [3.63, 3.8) is 0 Å². The number of amides is 2. The van der Waals surface area contributed by atoms with Crippen molar-refractivity contribution in [3.8, 4) is 11.5 Å². The van der Waals surface area contributed by atoms with Crippen LogP contribution in [0.1, 0.15) is 28.4 Å². The normalized spacial score (nSPS) is 18.2. The van der Waals surface area contributed by atoms with E-state index in [0.717, 1.165) is 10.5 Å². The van der Waals surface area contributed by atoms with Gasteiger partial charge >= 0.3 is 12.1 Å². The highest BCUT2D eigenvalue weighted by Gasteiger charge is 2.37. The molecule has 37 heavy (non-hydrogen) atoms. The van der Waals surface area contributed by atoms with Crippen molar-refractivity contribution in [3.05, 3.63) is 81.1 Å². The number of nitrogens with zero attached hydrogens (tertiary/aromatic N) is 2. The maximum atomic E-state index is 12.8. The maximum absolute atomic E-state index is 12.8. The molecule has 2 aliphatic rings. The molecule has 12 heteroatoms. The first kappa shape index (κ1) is 24.7. The van der Waals surface area contributed by atoms with Crippen molar-refractivity contribution in [2.24, 2.45) is 0 Å². The van der Waals surface area contributed by atoms with Gasteiger partial charge in [0.05, 0.1) is 17.3 Å². The molecule has 0 saturated heterocycles. The van der Waals surface area contributed by atoms with E-state index in [2.05, 4.69) is 10.3 Å². The predicted octanol–water partition coefficient (Wildman–Crippen LogP) is 4.53. The summed E-state index contributed by atoms with van der Waals surface area (Å²) < 4.78 is 11.7. The summed E-state index contributed by atoms with van der Waals surface area (Å²) >= 11 is 11.8. The topological polar surface area (TPSA) is 138 Å². The number of benzene rings is 2. The number of carboxylic acids is 1. The molecule has 0 radical (unpaired) electrons. The van der Waals surface area contributed by atoms with Crippen molar-refractivity contribution in [1.29, 1.82) is 0 Å². The first-order valence-corrected chi connectivity index (χ1v) is 11.8. The summed E-state index contributed by atoms with van der Waals surface area (Å²) in [6.45, 7) is 0.121. The summed E-state index contributed by atoms with van der Waals surface area (Å²) in [6.07, 6.45) is -0.704. The number of nitrogens with one attached hydrogen (secondary N) is 1. The van der Waals surface area contributed by atoms with E-state index in [1.165, 1.54) is 0 Å². The number of ether oxygens (including phenoxy) is 2. The SMILES string of the molecule is O=C1Nc2cc3c(cc2OC1c1ccc(OCc2cnc(Cl)c(Cl)c2)cc1)CN(C(=O)O)[C@H](C(=O)O)C3. The highest BCUT2D eigenvalue weighted by molar-refractivity contribution is 6.41. The van der Waals surface area contributed by atoms with Crippen LogP contribution >= 0.6 is 23.2 Å². The molecule has 3 heterocycles. The van der Waals surface area contributed by atoms with Gasteiger partial charge < -0.3 is 25.0 Å². The number of rotatable bonds is 5. The minimum atomic E-state index is -1.32. The van der Waals surface area contributed by atoms with Crippen LogP contribution in [0.3, 0.4) is 0 Å². The molecule has 1 unspecified atom stereocenters. The molecule has 3 N–H and O–H groups in total. The highest BCUT2D eigenvalue weighted by Crippen LogP contribution is 2.39. The molecule has 0 spiro atoms. The molecule has 0 saturated carbocycles. The average molecular weight is 544 g/mol. The average Bonchev–Trinajstić information content (AvgIpc) is 2.87. The van der Waals surface area contributed by atoms with Crippen LogP contribution in [0.25, 0.3) is 0 Å². The predicted molar refractivity (Wildman–Crippen MR) is 132 cm³/mol. The number of aromatic nitrogens is 1. The third-order valence-electron chi connectivity index (χ3n) is 6.14. The summed E-state index contributed by atoms with van der Waals surface area (Å²) in [4.78, 5) is 40.8. The van der Waals surface area contributed by atoms with Crippen molar-refractivity contribution in [2.45, 2.75) is 31.7 Å². The fourth-order valence-corrected chi connectivity index (χ4v) is 4.57. The van der Waals surface area contributed by atoms with E-state index < -0.39 is 24.2 Å². The van der Waals surface area contributed by atoms with Gasteiger partial charge in [0.15, 0.2) is 0 Å². The second-order valence-electron chi connectivity index (χ2n) is 8.55. The fraction of sp³-hybridized carbons (Fsp3) is 0.200. The van der Waals surface area contributed by atoms with Crippen LogP contribution in [0.2, 0.25) is 10.2 Å². The van der Waals surface area contributed by atoms with Gasteiger partial charge in [0.1, 0.15) is 29.3 Å². The monoisotopic (exact) mass is 543 g/mol. The summed E-state index contributed by atoms with van der Waals surface area (Å²) in [5.41, 5.74) is 2.99. The Bertz CT molecular complexity index is 1410. The van der Waals surface area contributed by atoms with E-state index in [1.54, 1.807) is 48.7 Å². The van der Waals surface area contributed by atoms with Gasteiger partial charge in [0.25, 0.3) is 5.91 Å². The van der Waals surface area contributed by atoms with Crippen LogP contribution < -0.4 is 14.8 Å². The minimum absolute atomic E-state index is 0.0106. The Morgan fingerprint density at radius 2 is 1.89 bits per heavy atom. The zero-order chi connectivity index (χ0) is 26.3. The Labute approximate surface area is 220 Å². The number of aliphatic carboxylic acids is 1. The van der Waals surface area contributed by atoms with Gasteiger partial charge in [-0.3, -0.25) is 9.69 Å². The van der Waals surface area contributed by atoms with E-state index in [1.807, 2.05) is 0 Å². The number of pyridine rings is 1. The molecule has 1 aromatic heterocycles. The van der Waals surface area contributed by atoms with Crippen LogP contribution in [-0.4, -0.2) is 44.1 Å².